The van der Waals surface area contributed by atoms with Crippen molar-refractivity contribution >= 4 is 5.96 Å². The predicted octanol–water partition coefficient (Wildman–Crippen LogP) is 2.97. The average Bonchev–Trinajstić information content (AvgIpc) is 3.03. The molecule has 1 aromatic carbocycles. The molecule has 1 aromatic rings. The van der Waals surface area contributed by atoms with Crippen LogP contribution in [0.5, 0.6) is 5.75 Å². The number of aliphatic imine (C=N–C) groups is 1. The zero-order valence-corrected chi connectivity index (χ0v) is 12.9. The molecule has 126 valence electrons. The number of ether oxygens (including phenoxy) is 1. The monoisotopic (exact) mass is 327 g/mol. The summed E-state index contributed by atoms with van der Waals surface area (Å²) in [4.78, 5) is 4.10. The third-order valence-corrected chi connectivity index (χ3v) is 3.40. The lowest BCUT2D eigenvalue weighted by Gasteiger charge is -2.17. The van der Waals surface area contributed by atoms with Gasteiger partial charge in [0.25, 0.3) is 0 Å². The molecule has 2 rings (SSSR count). The van der Waals surface area contributed by atoms with Gasteiger partial charge in [-0.05, 0) is 31.0 Å². The van der Waals surface area contributed by atoms with Gasteiger partial charge in [0.1, 0.15) is 12.4 Å². The van der Waals surface area contributed by atoms with Crippen molar-refractivity contribution in [3.63, 3.8) is 0 Å². The molecule has 1 aliphatic carbocycles. The lowest BCUT2D eigenvalue weighted by molar-refractivity contribution is -0.137. The third kappa shape index (κ3) is 5.50. The molecule has 0 fully saturated rings. The molecule has 7 heteroatoms. The van der Waals surface area contributed by atoms with Crippen LogP contribution in [0.2, 0.25) is 0 Å². The quantitative estimate of drug-likeness (QED) is 0.378. The second-order valence-corrected chi connectivity index (χ2v) is 5.16. The van der Waals surface area contributed by atoms with E-state index in [1.165, 1.54) is 12.1 Å². The summed E-state index contributed by atoms with van der Waals surface area (Å²) >= 11 is 0. The van der Waals surface area contributed by atoms with E-state index < -0.39 is 11.7 Å². The molecule has 1 aliphatic rings. The first-order valence-electron chi connectivity index (χ1n) is 7.41. The van der Waals surface area contributed by atoms with Crippen LogP contribution in [0.3, 0.4) is 0 Å². The molecule has 23 heavy (non-hydrogen) atoms. The van der Waals surface area contributed by atoms with Crippen LogP contribution in [-0.2, 0) is 6.18 Å². The van der Waals surface area contributed by atoms with Gasteiger partial charge in [0.05, 0.1) is 12.1 Å². The maximum Gasteiger partial charge on any atom is 0.416 e. The van der Waals surface area contributed by atoms with E-state index >= 15 is 0 Å². The Morgan fingerprint density at radius 3 is 2.70 bits per heavy atom. The van der Waals surface area contributed by atoms with Crippen molar-refractivity contribution in [1.29, 1.82) is 0 Å². The first-order valence-corrected chi connectivity index (χ1v) is 7.41. The third-order valence-electron chi connectivity index (χ3n) is 3.40. The SMILES string of the molecule is CN=C(NCCOc1cccc(C(F)(F)F)c1)NC1CC=CC1. The average molecular weight is 327 g/mol. The van der Waals surface area contributed by atoms with E-state index in [0.29, 0.717) is 18.5 Å². The summed E-state index contributed by atoms with van der Waals surface area (Å²) in [5.41, 5.74) is -0.714. The molecular formula is C16H20F3N3O. The summed E-state index contributed by atoms with van der Waals surface area (Å²) in [7, 11) is 1.67. The second kappa shape index (κ2) is 7.89. The van der Waals surface area contributed by atoms with Crippen molar-refractivity contribution in [3.05, 3.63) is 42.0 Å². The first-order chi connectivity index (χ1) is 11.0. The van der Waals surface area contributed by atoms with Crippen LogP contribution < -0.4 is 15.4 Å². The fourth-order valence-electron chi connectivity index (χ4n) is 2.22. The van der Waals surface area contributed by atoms with Gasteiger partial charge in [0.15, 0.2) is 5.96 Å². The van der Waals surface area contributed by atoms with Crippen molar-refractivity contribution in [2.75, 3.05) is 20.2 Å². The maximum absolute atomic E-state index is 12.6. The highest BCUT2D eigenvalue weighted by molar-refractivity contribution is 5.80. The molecule has 2 N–H and O–H groups in total. The number of halogens is 3. The van der Waals surface area contributed by atoms with E-state index in [9.17, 15) is 13.2 Å². The molecule has 0 radical (unpaired) electrons. The Kier molecular flexibility index (Phi) is 5.90. The number of guanidine groups is 1. The van der Waals surface area contributed by atoms with Crippen LogP contribution in [0, 0.1) is 0 Å². The van der Waals surface area contributed by atoms with Gasteiger partial charge >= 0.3 is 6.18 Å². The van der Waals surface area contributed by atoms with Gasteiger partial charge in [0, 0.05) is 13.1 Å². The van der Waals surface area contributed by atoms with Gasteiger partial charge in [-0.25, -0.2) is 0 Å². The predicted molar refractivity (Wildman–Crippen MR) is 83.6 cm³/mol. The molecule has 0 aromatic heterocycles. The van der Waals surface area contributed by atoms with E-state index in [0.717, 1.165) is 25.0 Å². The zero-order valence-electron chi connectivity index (χ0n) is 12.9. The Hall–Kier alpha value is -2.18. The molecule has 0 bridgehead atoms. The lowest BCUT2D eigenvalue weighted by Crippen LogP contribution is -2.43. The number of hydrogen-bond donors (Lipinski definition) is 2. The number of alkyl halides is 3. The van der Waals surface area contributed by atoms with Crippen LogP contribution in [0.25, 0.3) is 0 Å². The topological polar surface area (TPSA) is 45.7 Å². The Labute approximate surface area is 133 Å². The molecule has 0 saturated carbocycles. The minimum atomic E-state index is -4.36. The molecule has 0 heterocycles. The van der Waals surface area contributed by atoms with Crippen LogP contribution in [-0.4, -0.2) is 32.2 Å². The van der Waals surface area contributed by atoms with Gasteiger partial charge in [-0.2, -0.15) is 13.2 Å². The Morgan fingerprint density at radius 2 is 2.04 bits per heavy atom. The largest absolute Gasteiger partial charge is 0.492 e. The molecule has 0 saturated heterocycles. The standard InChI is InChI=1S/C16H20F3N3O/c1-20-15(22-13-6-2-3-7-13)21-9-10-23-14-8-4-5-12(11-14)16(17,18)19/h2-5,8,11,13H,6-7,9-10H2,1H3,(H2,20,21,22). The Bertz CT molecular complexity index is 562. The van der Waals surface area contributed by atoms with Crippen LogP contribution in [0.15, 0.2) is 41.4 Å². The second-order valence-electron chi connectivity index (χ2n) is 5.16. The molecule has 4 nitrogen and oxygen atoms in total. The summed E-state index contributed by atoms with van der Waals surface area (Å²) < 4.78 is 43.2. The summed E-state index contributed by atoms with van der Waals surface area (Å²) in [6, 6.07) is 5.20. The van der Waals surface area contributed by atoms with Crippen molar-refractivity contribution in [2.45, 2.75) is 25.1 Å². The number of benzene rings is 1. The van der Waals surface area contributed by atoms with E-state index in [1.807, 2.05) is 0 Å². The van der Waals surface area contributed by atoms with Crippen LogP contribution in [0.4, 0.5) is 13.2 Å². The lowest BCUT2D eigenvalue weighted by atomic mass is 10.2. The van der Waals surface area contributed by atoms with Gasteiger partial charge in [-0.15, -0.1) is 0 Å². The van der Waals surface area contributed by atoms with E-state index in [-0.39, 0.29) is 12.4 Å². The normalized spacial score (nSPS) is 15.7. The molecule has 0 unspecified atom stereocenters. The summed E-state index contributed by atoms with van der Waals surface area (Å²) in [5.74, 6) is 0.857. The van der Waals surface area contributed by atoms with Crippen molar-refractivity contribution in [2.24, 2.45) is 4.99 Å². The highest BCUT2D eigenvalue weighted by Crippen LogP contribution is 2.31. The van der Waals surface area contributed by atoms with Crippen molar-refractivity contribution < 1.29 is 17.9 Å². The van der Waals surface area contributed by atoms with Crippen molar-refractivity contribution in [3.8, 4) is 5.75 Å². The number of nitrogens with zero attached hydrogens (tertiary/aromatic N) is 1. The maximum atomic E-state index is 12.6. The highest BCUT2D eigenvalue weighted by Gasteiger charge is 2.30. The van der Waals surface area contributed by atoms with Crippen LogP contribution in [0.1, 0.15) is 18.4 Å². The number of rotatable bonds is 5. The minimum absolute atomic E-state index is 0.199. The number of hydrogen-bond acceptors (Lipinski definition) is 2. The summed E-state index contributed by atoms with van der Waals surface area (Å²) in [6.45, 7) is 0.682. The number of nitrogens with one attached hydrogen (secondary N) is 2. The van der Waals surface area contributed by atoms with E-state index in [2.05, 4.69) is 27.8 Å². The summed E-state index contributed by atoms with van der Waals surface area (Å²) in [6.07, 6.45) is 1.78. The Balaban J connectivity index is 1.74. The Morgan fingerprint density at radius 1 is 1.30 bits per heavy atom. The minimum Gasteiger partial charge on any atom is -0.492 e. The molecule has 0 amide bonds. The van der Waals surface area contributed by atoms with Gasteiger partial charge in [0.2, 0.25) is 0 Å². The van der Waals surface area contributed by atoms with E-state index in [4.69, 9.17) is 4.74 Å². The van der Waals surface area contributed by atoms with E-state index in [1.54, 1.807) is 7.05 Å². The van der Waals surface area contributed by atoms with Crippen LogP contribution >= 0.6 is 0 Å². The zero-order chi connectivity index (χ0) is 16.7. The summed E-state index contributed by atoms with van der Waals surface area (Å²) in [5, 5.41) is 6.34. The van der Waals surface area contributed by atoms with Crippen molar-refractivity contribution in [1.82, 2.24) is 10.6 Å². The highest BCUT2D eigenvalue weighted by atomic mass is 19.4. The smallest absolute Gasteiger partial charge is 0.416 e. The fraction of sp³-hybridized carbons (Fsp3) is 0.438. The van der Waals surface area contributed by atoms with Gasteiger partial charge < -0.3 is 15.4 Å². The molecule has 0 atom stereocenters. The van der Waals surface area contributed by atoms with Gasteiger partial charge in [-0.1, -0.05) is 18.2 Å². The fourth-order valence-corrected chi connectivity index (χ4v) is 2.22. The first kappa shape index (κ1) is 17.2. The molecule has 0 aliphatic heterocycles. The molecular weight excluding hydrogens is 307 g/mol. The van der Waals surface area contributed by atoms with Gasteiger partial charge in [-0.3, -0.25) is 4.99 Å². The molecule has 0 spiro atoms.